The van der Waals surface area contributed by atoms with E-state index in [0.29, 0.717) is 5.92 Å². The van der Waals surface area contributed by atoms with E-state index in [1.807, 2.05) is 6.07 Å². The van der Waals surface area contributed by atoms with Crippen LogP contribution in [0.4, 0.5) is 5.69 Å². The number of hydrogen-bond acceptors (Lipinski definition) is 2. The standard InChI is InChI=1S/C19H14N2/c1-2-8-14(9-3-1)21-12-17-15-10-4-6-13-7-5-11-16(18(13)15)19(17)20-21/h1-11,17H,12H2. The quantitative estimate of drug-likeness (QED) is 0.648. The molecule has 2 nitrogen and oxygen atoms in total. The van der Waals surface area contributed by atoms with Gasteiger partial charge >= 0.3 is 0 Å². The van der Waals surface area contributed by atoms with Crippen molar-refractivity contribution in [1.82, 2.24) is 0 Å². The summed E-state index contributed by atoms with van der Waals surface area (Å²) in [7, 11) is 0. The molecule has 1 aliphatic carbocycles. The molecule has 0 radical (unpaired) electrons. The van der Waals surface area contributed by atoms with Gasteiger partial charge in [-0.1, -0.05) is 54.6 Å². The molecule has 21 heavy (non-hydrogen) atoms. The van der Waals surface area contributed by atoms with Crippen LogP contribution in [0.5, 0.6) is 0 Å². The minimum Gasteiger partial charge on any atom is -0.264 e. The molecular formula is C19H14N2. The van der Waals surface area contributed by atoms with E-state index in [1.54, 1.807) is 0 Å². The Morgan fingerprint density at radius 2 is 1.67 bits per heavy atom. The van der Waals surface area contributed by atoms with E-state index in [0.717, 1.165) is 6.54 Å². The third-order valence-electron chi connectivity index (χ3n) is 4.56. The van der Waals surface area contributed by atoms with Crippen LogP contribution in [0.2, 0.25) is 0 Å². The van der Waals surface area contributed by atoms with Gasteiger partial charge in [0.1, 0.15) is 0 Å². The second kappa shape index (κ2) is 3.95. The first-order valence-electron chi connectivity index (χ1n) is 7.35. The highest BCUT2D eigenvalue weighted by atomic mass is 15.5. The van der Waals surface area contributed by atoms with E-state index in [-0.39, 0.29) is 0 Å². The largest absolute Gasteiger partial charge is 0.264 e. The van der Waals surface area contributed by atoms with E-state index in [2.05, 4.69) is 65.7 Å². The fraction of sp³-hybridized carbons (Fsp3) is 0.105. The van der Waals surface area contributed by atoms with Crippen molar-refractivity contribution >= 4 is 22.2 Å². The van der Waals surface area contributed by atoms with Crippen molar-refractivity contribution in [3.8, 4) is 0 Å². The van der Waals surface area contributed by atoms with Crippen LogP contribution in [0.25, 0.3) is 10.8 Å². The molecule has 0 fully saturated rings. The summed E-state index contributed by atoms with van der Waals surface area (Å²) >= 11 is 0. The fourth-order valence-electron chi connectivity index (χ4n) is 3.62. The Hall–Kier alpha value is -2.61. The first kappa shape index (κ1) is 11.1. The van der Waals surface area contributed by atoms with Gasteiger partial charge in [-0.3, -0.25) is 5.01 Å². The van der Waals surface area contributed by atoms with Crippen molar-refractivity contribution in [2.45, 2.75) is 5.92 Å². The average molecular weight is 270 g/mol. The Bertz CT molecular complexity index is 875. The molecular weight excluding hydrogens is 256 g/mol. The van der Waals surface area contributed by atoms with Crippen LogP contribution < -0.4 is 5.01 Å². The average Bonchev–Trinajstić information content (AvgIpc) is 3.10. The van der Waals surface area contributed by atoms with Gasteiger partial charge in [-0.05, 0) is 28.5 Å². The minimum absolute atomic E-state index is 0.409. The summed E-state index contributed by atoms with van der Waals surface area (Å²) in [6.45, 7) is 0.938. The Kier molecular flexibility index (Phi) is 2.09. The van der Waals surface area contributed by atoms with Crippen LogP contribution >= 0.6 is 0 Å². The summed E-state index contributed by atoms with van der Waals surface area (Å²) in [4.78, 5) is 0. The summed E-state index contributed by atoms with van der Waals surface area (Å²) in [5.74, 6) is 0.409. The van der Waals surface area contributed by atoms with Crippen LogP contribution in [-0.2, 0) is 0 Å². The highest BCUT2D eigenvalue weighted by Gasteiger charge is 2.36. The molecule has 3 aromatic carbocycles. The molecule has 0 saturated carbocycles. The molecule has 100 valence electrons. The predicted octanol–water partition coefficient (Wildman–Crippen LogP) is 4.16. The molecule has 2 heteroatoms. The number of rotatable bonds is 1. The SMILES string of the molecule is c1ccc(N2CC3C(=N2)c2cccc4cccc3c24)cc1. The first-order chi connectivity index (χ1) is 10.4. The van der Waals surface area contributed by atoms with Crippen LogP contribution in [0.3, 0.4) is 0 Å². The van der Waals surface area contributed by atoms with Gasteiger partial charge in [0.25, 0.3) is 0 Å². The summed E-state index contributed by atoms with van der Waals surface area (Å²) in [5.41, 5.74) is 5.14. The van der Waals surface area contributed by atoms with Gasteiger partial charge in [0.05, 0.1) is 17.9 Å². The zero-order chi connectivity index (χ0) is 13.8. The second-order valence-electron chi connectivity index (χ2n) is 5.71. The maximum Gasteiger partial charge on any atom is 0.0781 e. The first-order valence-corrected chi connectivity index (χ1v) is 7.35. The highest BCUT2D eigenvalue weighted by molar-refractivity contribution is 6.21. The maximum absolute atomic E-state index is 4.91. The van der Waals surface area contributed by atoms with Gasteiger partial charge < -0.3 is 0 Å². The van der Waals surface area contributed by atoms with Crippen molar-refractivity contribution in [1.29, 1.82) is 0 Å². The molecule has 1 unspecified atom stereocenters. The summed E-state index contributed by atoms with van der Waals surface area (Å²) in [5, 5.41) is 9.77. The molecule has 0 aromatic heterocycles. The van der Waals surface area contributed by atoms with Crippen molar-refractivity contribution < 1.29 is 0 Å². The van der Waals surface area contributed by atoms with E-state index >= 15 is 0 Å². The molecule has 0 spiro atoms. The van der Waals surface area contributed by atoms with Crippen molar-refractivity contribution in [2.24, 2.45) is 5.10 Å². The number of nitrogens with zero attached hydrogens (tertiary/aromatic N) is 2. The number of hydrogen-bond donors (Lipinski definition) is 0. The molecule has 1 heterocycles. The molecule has 0 saturated heterocycles. The number of fused-ring (bicyclic) bond motifs is 3. The lowest BCUT2D eigenvalue weighted by atomic mass is 9.99. The number of benzene rings is 3. The van der Waals surface area contributed by atoms with E-state index in [9.17, 15) is 0 Å². The van der Waals surface area contributed by atoms with Gasteiger partial charge in [0, 0.05) is 11.5 Å². The van der Waals surface area contributed by atoms with E-state index in [1.165, 1.54) is 33.3 Å². The molecule has 1 aliphatic heterocycles. The van der Waals surface area contributed by atoms with Crippen molar-refractivity contribution in [3.63, 3.8) is 0 Å². The highest BCUT2D eigenvalue weighted by Crippen LogP contribution is 2.42. The summed E-state index contributed by atoms with van der Waals surface area (Å²) < 4.78 is 0. The van der Waals surface area contributed by atoms with Gasteiger partial charge in [0.2, 0.25) is 0 Å². The van der Waals surface area contributed by atoms with Crippen LogP contribution in [0.1, 0.15) is 17.0 Å². The normalized spacial score (nSPS) is 19.0. The lowest BCUT2D eigenvalue weighted by Crippen LogP contribution is -2.16. The topological polar surface area (TPSA) is 15.6 Å². The molecule has 0 amide bonds. The zero-order valence-electron chi connectivity index (χ0n) is 11.5. The van der Waals surface area contributed by atoms with Gasteiger partial charge in [-0.2, -0.15) is 5.10 Å². The maximum atomic E-state index is 4.91. The molecule has 0 N–H and O–H groups in total. The number of para-hydroxylation sites is 1. The van der Waals surface area contributed by atoms with Gasteiger partial charge in [-0.15, -0.1) is 0 Å². The van der Waals surface area contributed by atoms with Crippen molar-refractivity contribution in [2.75, 3.05) is 11.6 Å². The fourth-order valence-corrected chi connectivity index (χ4v) is 3.62. The van der Waals surface area contributed by atoms with Gasteiger partial charge in [0.15, 0.2) is 0 Å². The van der Waals surface area contributed by atoms with Crippen LogP contribution in [0, 0.1) is 0 Å². The van der Waals surface area contributed by atoms with Crippen LogP contribution in [-0.4, -0.2) is 12.3 Å². The third-order valence-corrected chi connectivity index (χ3v) is 4.56. The van der Waals surface area contributed by atoms with E-state index in [4.69, 9.17) is 5.10 Å². The predicted molar refractivity (Wildman–Crippen MR) is 87.0 cm³/mol. The Balaban J connectivity index is 1.70. The number of hydrazone groups is 1. The second-order valence-corrected chi connectivity index (χ2v) is 5.71. The van der Waals surface area contributed by atoms with E-state index < -0.39 is 0 Å². The molecule has 0 bridgehead atoms. The lowest BCUT2D eigenvalue weighted by molar-refractivity contribution is 0.858. The number of anilines is 1. The summed E-state index contributed by atoms with van der Waals surface area (Å²) in [6.07, 6.45) is 0. The summed E-state index contributed by atoms with van der Waals surface area (Å²) in [6, 6.07) is 23.6. The zero-order valence-corrected chi connectivity index (χ0v) is 11.5. The third kappa shape index (κ3) is 1.44. The Labute approximate surface area is 123 Å². The van der Waals surface area contributed by atoms with Crippen LogP contribution in [0.15, 0.2) is 71.8 Å². The van der Waals surface area contributed by atoms with Gasteiger partial charge in [-0.25, -0.2) is 0 Å². The Morgan fingerprint density at radius 1 is 0.857 bits per heavy atom. The Morgan fingerprint density at radius 3 is 2.52 bits per heavy atom. The molecule has 3 aromatic rings. The van der Waals surface area contributed by atoms with Crippen molar-refractivity contribution in [3.05, 3.63) is 77.9 Å². The molecule has 2 aliphatic rings. The lowest BCUT2D eigenvalue weighted by Gasteiger charge is -2.16. The molecule has 1 atom stereocenters. The monoisotopic (exact) mass is 270 g/mol. The molecule has 5 rings (SSSR count). The minimum atomic E-state index is 0.409. The smallest absolute Gasteiger partial charge is 0.0781 e.